The molecule has 0 bridgehead atoms. The Morgan fingerprint density at radius 3 is 2.88 bits per heavy atom. The van der Waals surface area contributed by atoms with E-state index < -0.39 is 5.97 Å². The highest BCUT2D eigenvalue weighted by atomic mass is 32.2. The summed E-state index contributed by atoms with van der Waals surface area (Å²) >= 11 is 1.34. The van der Waals surface area contributed by atoms with Gasteiger partial charge in [-0.3, -0.25) is 9.69 Å². The monoisotopic (exact) mass is 263 g/mol. The minimum absolute atomic E-state index is 0.0332. The van der Waals surface area contributed by atoms with Crippen molar-refractivity contribution in [2.45, 2.75) is 6.92 Å². The maximum Gasteiger partial charge on any atom is 0.354 e. The van der Waals surface area contributed by atoms with Crippen LogP contribution in [0, 0.1) is 0 Å². The van der Waals surface area contributed by atoms with Crippen molar-refractivity contribution in [2.24, 2.45) is 0 Å². The first-order valence-electron chi connectivity index (χ1n) is 4.72. The summed E-state index contributed by atoms with van der Waals surface area (Å²) in [6.07, 6.45) is 0. The summed E-state index contributed by atoms with van der Waals surface area (Å²) in [5.74, 6) is -0.427. The van der Waals surface area contributed by atoms with Crippen molar-refractivity contribution in [3.05, 3.63) is 0 Å². The van der Waals surface area contributed by atoms with Crippen molar-refractivity contribution in [1.29, 1.82) is 0 Å². The van der Waals surface area contributed by atoms with Gasteiger partial charge in [-0.2, -0.15) is 0 Å². The number of thioether (sulfide) groups is 1. The fourth-order valence-corrected chi connectivity index (χ4v) is 3.06. The van der Waals surface area contributed by atoms with Gasteiger partial charge < -0.3 is 9.84 Å². The molecule has 1 aliphatic rings. The summed E-state index contributed by atoms with van der Waals surface area (Å²) in [5, 5.41) is 8.69. The molecule has 0 aromatic heterocycles. The smallest absolute Gasteiger partial charge is 0.354 e. The molecule has 0 radical (unpaired) electrons. The van der Waals surface area contributed by atoms with E-state index in [4.69, 9.17) is 9.84 Å². The number of carbonyl (C=O) groups is 2. The van der Waals surface area contributed by atoms with Gasteiger partial charge in [0.25, 0.3) is 5.91 Å². The van der Waals surface area contributed by atoms with Crippen LogP contribution in [0.4, 0.5) is 0 Å². The maximum atomic E-state index is 11.7. The van der Waals surface area contributed by atoms with E-state index in [1.54, 1.807) is 14.0 Å². The summed E-state index contributed by atoms with van der Waals surface area (Å²) < 4.78 is 5.48. The van der Waals surface area contributed by atoms with Crippen LogP contribution in [0.1, 0.15) is 6.92 Å². The number of esters is 1. The third kappa shape index (κ3) is 2.87. The SMILES string of the molecule is CCOC(=O)C1=S=C(SCCO)N(C)C1=O. The molecule has 90 valence electrons. The van der Waals surface area contributed by atoms with Gasteiger partial charge >= 0.3 is 5.97 Å². The molecule has 1 aliphatic heterocycles. The standard InChI is InChI=1S/C9H13NO4S2/c1-3-14-8(13)6-7(12)10(2)9(16-6)15-5-4-11/h11H,3-5H2,1-2H3. The van der Waals surface area contributed by atoms with Gasteiger partial charge in [0.2, 0.25) is 0 Å². The molecular formula is C9H13NO4S2. The number of nitrogens with zero attached hydrogens (tertiary/aromatic N) is 1. The quantitative estimate of drug-likeness (QED) is 0.559. The zero-order valence-corrected chi connectivity index (χ0v) is 10.7. The van der Waals surface area contributed by atoms with Gasteiger partial charge in [-0.1, -0.05) is 22.7 Å². The number of aliphatic hydroxyl groups excluding tert-OH is 1. The van der Waals surface area contributed by atoms with Crippen LogP contribution < -0.4 is 0 Å². The lowest BCUT2D eigenvalue weighted by molar-refractivity contribution is -0.135. The van der Waals surface area contributed by atoms with Crippen LogP contribution in [-0.2, 0) is 14.3 Å². The molecule has 1 amide bonds. The highest BCUT2D eigenvalue weighted by Crippen LogP contribution is 2.16. The third-order valence-corrected chi connectivity index (χ3v) is 4.24. The average Bonchev–Trinajstić information content (AvgIpc) is 2.54. The molecule has 1 heterocycles. The molecule has 0 atom stereocenters. The van der Waals surface area contributed by atoms with Crippen LogP contribution in [0.3, 0.4) is 0 Å². The zero-order chi connectivity index (χ0) is 12.1. The van der Waals surface area contributed by atoms with Gasteiger partial charge in [0, 0.05) is 12.8 Å². The van der Waals surface area contributed by atoms with Gasteiger partial charge in [0.1, 0.15) is 4.32 Å². The second-order valence-corrected chi connectivity index (χ2v) is 5.19. The van der Waals surface area contributed by atoms with Crippen molar-refractivity contribution in [3.8, 4) is 0 Å². The van der Waals surface area contributed by atoms with Crippen LogP contribution in [0.25, 0.3) is 0 Å². The Morgan fingerprint density at radius 2 is 2.31 bits per heavy atom. The first-order chi connectivity index (χ1) is 7.61. The fraction of sp³-hybridized carbons (Fsp3) is 0.556. The lowest BCUT2D eigenvalue weighted by Crippen LogP contribution is -2.35. The number of hydrogen-bond donors (Lipinski definition) is 1. The van der Waals surface area contributed by atoms with Crippen LogP contribution in [-0.4, -0.2) is 57.1 Å². The van der Waals surface area contributed by atoms with E-state index in [1.165, 1.54) is 16.7 Å². The summed E-state index contributed by atoms with van der Waals surface area (Å²) in [4.78, 5) is 24.6. The number of rotatable bonds is 4. The Bertz CT molecular complexity index is 374. The van der Waals surface area contributed by atoms with Gasteiger partial charge in [0.15, 0.2) is 4.86 Å². The molecule has 0 spiro atoms. The zero-order valence-electron chi connectivity index (χ0n) is 9.06. The Morgan fingerprint density at radius 1 is 1.62 bits per heavy atom. The summed E-state index contributed by atoms with van der Waals surface area (Å²) in [5.41, 5.74) is 0. The topological polar surface area (TPSA) is 66.8 Å². The first kappa shape index (κ1) is 13.3. The molecule has 1 rings (SSSR count). The van der Waals surface area contributed by atoms with Crippen LogP contribution in [0.5, 0.6) is 0 Å². The molecule has 0 unspecified atom stereocenters. The number of aliphatic hydroxyl groups is 1. The highest BCUT2D eigenvalue weighted by Gasteiger charge is 2.30. The second-order valence-electron chi connectivity index (χ2n) is 2.85. The molecule has 0 aromatic rings. The first-order valence-corrected chi connectivity index (χ1v) is 6.52. The molecule has 1 N–H and O–H groups in total. The molecule has 5 nitrogen and oxygen atoms in total. The maximum absolute atomic E-state index is 11.7. The van der Waals surface area contributed by atoms with Crippen molar-refractivity contribution >= 4 is 43.8 Å². The fourth-order valence-electron chi connectivity index (χ4n) is 1.02. The Kier molecular flexibility index (Phi) is 5.04. The van der Waals surface area contributed by atoms with Gasteiger partial charge in [-0.05, 0) is 6.92 Å². The molecule has 7 heteroatoms. The highest BCUT2D eigenvalue weighted by molar-refractivity contribution is 8.27. The average molecular weight is 263 g/mol. The van der Waals surface area contributed by atoms with E-state index in [1.807, 2.05) is 0 Å². The van der Waals surface area contributed by atoms with Crippen molar-refractivity contribution < 1.29 is 19.4 Å². The van der Waals surface area contributed by atoms with Crippen LogP contribution in [0.2, 0.25) is 0 Å². The predicted octanol–water partition coefficient (Wildman–Crippen LogP) is -0.260. The Labute approximate surface area is 101 Å². The molecule has 0 saturated heterocycles. The van der Waals surface area contributed by atoms with Gasteiger partial charge in [0.05, 0.1) is 13.2 Å². The third-order valence-electron chi connectivity index (χ3n) is 1.74. The van der Waals surface area contributed by atoms with Crippen LogP contribution >= 0.6 is 22.7 Å². The van der Waals surface area contributed by atoms with E-state index >= 15 is 0 Å². The molecule has 0 aliphatic carbocycles. The second kappa shape index (κ2) is 6.07. The number of ether oxygens (including phenoxy) is 1. The lowest BCUT2D eigenvalue weighted by Gasteiger charge is -2.12. The van der Waals surface area contributed by atoms with E-state index in [-0.39, 0.29) is 24.0 Å². The number of amides is 1. The van der Waals surface area contributed by atoms with E-state index in [2.05, 4.69) is 0 Å². The molecule has 0 fully saturated rings. The van der Waals surface area contributed by atoms with Gasteiger partial charge in [-0.25, -0.2) is 4.79 Å². The minimum Gasteiger partial charge on any atom is -0.462 e. The number of hydrogen-bond acceptors (Lipinski definition) is 5. The minimum atomic E-state index is -0.580. The summed E-state index contributed by atoms with van der Waals surface area (Å²) in [6, 6.07) is 0. The molecule has 16 heavy (non-hydrogen) atoms. The lowest BCUT2D eigenvalue weighted by atomic mass is 10.4. The van der Waals surface area contributed by atoms with Crippen LogP contribution in [0.15, 0.2) is 0 Å². The van der Waals surface area contributed by atoms with Crippen molar-refractivity contribution in [1.82, 2.24) is 4.90 Å². The van der Waals surface area contributed by atoms with E-state index in [0.29, 0.717) is 10.1 Å². The molecule has 0 aromatic carbocycles. The normalized spacial score (nSPS) is 15.4. The molecule has 0 saturated carbocycles. The van der Waals surface area contributed by atoms with E-state index in [9.17, 15) is 9.59 Å². The number of carbonyl (C=O) groups excluding carboxylic acids is 2. The summed E-state index contributed by atoms with van der Waals surface area (Å²) in [7, 11) is 2.70. The largest absolute Gasteiger partial charge is 0.462 e. The van der Waals surface area contributed by atoms with Crippen molar-refractivity contribution in [2.75, 3.05) is 26.0 Å². The van der Waals surface area contributed by atoms with E-state index in [0.717, 1.165) is 10.9 Å². The predicted molar refractivity (Wildman–Crippen MR) is 66.6 cm³/mol. The molecular weight excluding hydrogens is 250 g/mol. The summed E-state index contributed by atoms with van der Waals surface area (Å²) in [6.45, 7) is 1.97. The Hall–Kier alpha value is -0.790. The van der Waals surface area contributed by atoms with Crippen molar-refractivity contribution in [3.63, 3.8) is 0 Å². The Balaban J connectivity index is 2.84. The van der Waals surface area contributed by atoms with Gasteiger partial charge in [-0.15, -0.1) is 0 Å².